The summed E-state index contributed by atoms with van der Waals surface area (Å²) in [6.45, 7) is 0.0102. The van der Waals surface area contributed by atoms with Crippen LogP contribution in [0, 0.1) is 11.3 Å². The largest absolute Gasteiger partial charge is 0.392 e. The predicted molar refractivity (Wildman–Crippen MR) is 159 cm³/mol. The smallest absolute Gasteiger partial charge is 0.384 e. The van der Waals surface area contributed by atoms with Gasteiger partial charge in [-0.2, -0.15) is 40.0 Å². The van der Waals surface area contributed by atoms with E-state index in [9.17, 15) is 26.4 Å². The average molecular weight is 655 g/mol. The number of halogens is 4. The number of piperidine rings is 1. The Balaban J connectivity index is 1.51. The van der Waals surface area contributed by atoms with E-state index >= 15 is 0 Å². The molecular weight excluding hydrogens is 625 g/mol. The van der Waals surface area contributed by atoms with Crippen molar-refractivity contribution in [3.8, 4) is 0 Å². The normalized spacial score (nSPS) is 20.4. The van der Waals surface area contributed by atoms with Gasteiger partial charge in [-0.05, 0) is 43.0 Å². The zero-order chi connectivity index (χ0) is 30.9. The topological polar surface area (TPSA) is 125 Å². The number of amidine groups is 1. The number of nitrogens with one attached hydrogen (secondary N) is 1. The molecular formula is C28H30ClF3N6O3S2. The van der Waals surface area contributed by atoms with Gasteiger partial charge in [-0.25, -0.2) is 0 Å². The molecule has 2 saturated heterocycles. The highest BCUT2D eigenvalue weighted by Gasteiger charge is 2.51. The van der Waals surface area contributed by atoms with Crippen molar-refractivity contribution in [3.05, 3.63) is 82.0 Å². The van der Waals surface area contributed by atoms with Gasteiger partial charge in [0, 0.05) is 43.4 Å². The minimum atomic E-state index is -4.60. The Bertz CT molecular complexity index is 1610. The van der Waals surface area contributed by atoms with Crippen molar-refractivity contribution in [2.45, 2.75) is 42.1 Å². The van der Waals surface area contributed by atoms with E-state index < -0.39 is 47.1 Å². The van der Waals surface area contributed by atoms with E-state index in [-0.39, 0.29) is 33.7 Å². The number of rotatable bonds is 8. The molecule has 230 valence electrons. The van der Waals surface area contributed by atoms with Crippen molar-refractivity contribution in [3.63, 3.8) is 0 Å². The van der Waals surface area contributed by atoms with Gasteiger partial charge in [0.05, 0.1) is 22.2 Å². The Labute approximate surface area is 256 Å². The van der Waals surface area contributed by atoms with Crippen LogP contribution in [0.4, 0.5) is 13.2 Å². The number of alkyl halides is 3. The number of nitrogens with two attached hydrogens (primary N) is 1. The molecule has 3 heterocycles. The maximum atomic E-state index is 14.3. The zero-order valence-electron chi connectivity index (χ0n) is 22.9. The van der Waals surface area contributed by atoms with Crippen LogP contribution in [0.15, 0.2) is 59.6 Å². The number of nitrogens with zero attached hydrogens (tertiary/aromatic N) is 4. The SMILES string of the molecule is N=C(N)c1ccc(CSc2cc(C3CN(S(=O)(=O)N4CCCC4)CCC3C(F)(F)F)nn2C(=O)c2ccccc2Cl)cc1. The molecule has 15 heteroatoms. The van der Waals surface area contributed by atoms with Gasteiger partial charge in [0.1, 0.15) is 10.9 Å². The van der Waals surface area contributed by atoms with E-state index in [0.717, 1.165) is 14.6 Å². The van der Waals surface area contributed by atoms with E-state index in [1.165, 1.54) is 34.3 Å². The number of hydrogen-bond donors (Lipinski definition) is 2. The molecule has 9 nitrogen and oxygen atoms in total. The summed E-state index contributed by atoms with van der Waals surface area (Å²) in [4.78, 5) is 13.6. The highest BCUT2D eigenvalue weighted by Crippen LogP contribution is 2.44. The fourth-order valence-corrected chi connectivity index (χ4v) is 8.31. The number of aromatic nitrogens is 2. The van der Waals surface area contributed by atoms with Crippen molar-refractivity contribution < 1.29 is 26.4 Å². The fraction of sp³-hybridized carbons (Fsp3) is 0.393. The van der Waals surface area contributed by atoms with Gasteiger partial charge < -0.3 is 5.73 Å². The Hall–Kier alpha value is -2.91. The molecule has 2 aliphatic rings. The third kappa shape index (κ3) is 6.78. The summed E-state index contributed by atoms with van der Waals surface area (Å²) >= 11 is 7.48. The highest BCUT2D eigenvalue weighted by atomic mass is 35.5. The molecule has 3 aromatic rings. The van der Waals surface area contributed by atoms with Gasteiger partial charge in [-0.1, -0.05) is 48.0 Å². The van der Waals surface area contributed by atoms with Crippen LogP contribution in [0.1, 0.15) is 52.4 Å². The quantitative estimate of drug-likeness (QED) is 0.198. The molecule has 5 rings (SSSR count). The van der Waals surface area contributed by atoms with E-state index in [0.29, 0.717) is 37.2 Å². The lowest BCUT2D eigenvalue weighted by atomic mass is 9.83. The summed E-state index contributed by atoms with van der Waals surface area (Å²) in [6.07, 6.45) is -3.61. The lowest BCUT2D eigenvalue weighted by Crippen LogP contribution is -2.51. The summed E-state index contributed by atoms with van der Waals surface area (Å²) in [5, 5.41) is 12.4. The molecule has 0 saturated carbocycles. The second kappa shape index (κ2) is 12.6. The molecule has 43 heavy (non-hydrogen) atoms. The van der Waals surface area contributed by atoms with E-state index in [2.05, 4.69) is 5.10 Å². The first-order chi connectivity index (χ1) is 20.4. The molecule has 0 aliphatic carbocycles. The van der Waals surface area contributed by atoms with Crippen LogP contribution in [0.2, 0.25) is 5.02 Å². The van der Waals surface area contributed by atoms with Gasteiger partial charge in [-0.3, -0.25) is 10.2 Å². The van der Waals surface area contributed by atoms with Crippen LogP contribution < -0.4 is 5.73 Å². The molecule has 0 amide bonds. The molecule has 1 aromatic heterocycles. The average Bonchev–Trinajstić information content (AvgIpc) is 3.67. The number of benzene rings is 2. The molecule has 0 radical (unpaired) electrons. The van der Waals surface area contributed by atoms with Crippen LogP contribution in [0.3, 0.4) is 0 Å². The minimum absolute atomic E-state index is 0.0153. The van der Waals surface area contributed by atoms with Crippen molar-refractivity contribution in [1.82, 2.24) is 18.4 Å². The minimum Gasteiger partial charge on any atom is -0.384 e. The summed E-state index contributed by atoms with van der Waals surface area (Å²) in [7, 11) is -3.94. The van der Waals surface area contributed by atoms with Gasteiger partial charge >= 0.3 is 6.18 Å². The summed E-state index contributed by atoms with van der Waals surface area (Å²) in [5.41, 5.74) is 7.00. The molecule has 2 fully saturated rings. The highest BCUT2D eigenvalue weighted by molar-refractivity contribution is 7.98. The van der Waals surface area contributed by atoms with Gasteiger partial charge in [-0.15, -0.1) is 11.8 Å². The number of carbonyl (C=O) groups excluding carboxylic acids is 1. The number of hydrogen-bond acceptors (Lipinski definition) is 6. The van der Waals surface area contributed by atoms with E-state index in [4.69, 9.17) is 22.7 Å². The number of carbonyl (C=O) groups is 1. The third-order valence-electron chi connectivity index (χ3n) is 7.74. The molecule has 0 spiro atoms. The first kappa shape index (κ1) is 31.5. The van der Waals surface area contributed by atoms with E-state index in [1.807, 2.05) is 0 Å². The van der Waals surface area contributed by atoms with Gasteiger partial charge in [0.15, 0.2) is 0 Å². The fourth-order valence-electron chi connectivity index (χ4n) is 5.40. The van der Waals surface area contributed by atoms with Crippen molar-refractivity contribution >= 4 is 45.3 Å². The Morgan fingerprint density at radius 3 is 2.37 bits per heavy atom. The molecule has 2 unspecified atom stereocenters. The van der Waals surface area contributed by atoms with Crippen LogP contribution in [0.5, 0.6) is 0 Å². The van der Waals surface area contributed by atoms with Gasteiger partial charge in [0.25, 0.3) is 16.1 Å². The van der Waals surface area contributed by atoms with Crippen molar-refractivity contribution in [2.75, 3.05) is 26.2 Å². The van der Waals surface area contributed by atoms with Crippen LogP contribution in [0.25, 0.3) is 0 Å². The second-order valence-electron chi connectivity index (χ2n) is 10.5. The van der Waals surface area contributed by atoms with Crippen molar-refractivity contribution in [1.29, 1.82) is 5.41 Å². The Morgan fingerprint density at radius 1 is 1.07 bits per heavy atom. The van der Waals surface area contributed by atoms with E-state index in [1.54, 1.807) is 36.4 Å². The molecule has 0 bridgehead atoms. The lowest BCUT2D eigenvalue weighted by Gasteiger charge is -2.39. The molecule has 2 aliphatic heterocycles. The number of thioether (sulfide) groups is 1. The molecule has 2 atom stereocenters. The van der Waals surface area contributed by atoms with Crippen LogP contribution >= 0.6 is 23.4 Å². The second-order valence-corrected chi connectivity index (χ2v) is 13.9. The summed E-state index contributed by atoms with van der Waals surface area (Å²) < 4.78 is 73.0. The standard InChI is InChI=1S/C28H30ClF3N6O3S2/c29-23-6-2-1-5-20(23)27(39)38-25(42-17-18-7-9-19(10-8-18)26(33)34)15-24(35-38)21-16-37(14-11-22(21)28(30,31)32)43(40,41)36-12-3-4-13-36/h1-2,5-10,15,21-22H,3-4,11-14,16-17H2,(H3,33,34). The molecule has 3 N–H and O–H groups in total. The van der Waals surface area contributed by atoms with Crippen LogP contribution in [-0.4, -0.2) is 70.9 Å². The maximum Gasteiger partial charge on any atom is 0.392 e. The monoisotopic (exact) mass is 654 g/mol. The Morgan fingerprint density at radius 2 is 1.74 bits per heavy atom. The first-order valence-corrected chi connectivity index (χ1v) is 16.4. The van der Waals surface area contributed by atoms with Crippen LogP contribution in [-0.2, 0) is 16.0 Å². The summed E-state index contributed by atoms with van der Waals surface area (Å²) in [5.74, 6) is -3.53. The third-order valence-corrected chi connectivity index (χ3v) is 11.1. The number of nitrogen functional groups attached to an aromatic ring is 1. The Kier molecular flexibility index (Phi) is 9.23. The zero-order valence-corrected chi connectivity index (χ0v) is 25.3. The summed E-state index contributed by atoms with van der Waals surface area (Å²) in [6, 6.07) is 14.6. The lowest BCUT2D eigenvalue weighted by molar-refractivity contribution is -0.188. The predicted octanol–water partition coefficient (Wildman–Crippen LogP) is 5.11. The molecule has 2 aromatic carbocycles. The van der Waals surface area contributed by atoms with Gasteiger partial charge in [0.2, 0.25) is 0 Å². The first-order valence-electron chi connectivity index (χ1n) is 13.6. The van der Waals surface area contributed by atoms with Crippen molar-refractivity contribution in [2.24, 2.45) is 11.7 Å². The maximum absolute atomic E-state index is 14.3.